The lowest BCUT2D eigenvalue weighted by atomic mass is 10.1. The number of oxime groups is 2. The predicted octanol–water partition coefficient (Wildman–Crippen LogP) is 2.15. The first kappa shape index (κ1) is 36.3. The van der Waals surface area contributed by atoms with Crippen molar-refractivity contribution in [1.29, 1.82) is 0 Å². The quantitative estimate of drug-likeness (QED) is 0.0752. The molecular weight excluding hydrogens is 568 g/mol. The molecule has 0 radical (unpaired) electrons. The second kappa shape index (κ2) is 20.2. The molecule has 236 valence electrons. The summed E-state index contributed by atoms with van der Waals surface area (Å²) >= 11 is 0. The molecule has 2 atom stereocenters. The van der Waals surface area contributed by atoms with E-state index in [-0.39, 0.29) is 19.4 Å². The molecule has 0 aliphatic carbocycles. The Bertz CT molecular complexity index is 1200. The zero-order valence-electron chi connectivity index (χ0n) is 24.2. The van der Waals surface area contributed by atoms with E-state index in [1.165, 1.54) is 0 Å². The molecule has 43 heavy (non-hydrogen) atoms. The van der Waals surface area contributed by atoms with Crippen LogP contribution in [-0.4, -0.2) is 90.5 Å². The van der Waals surface area contributed by atoms with Crippen LogP contribution < -0.4 is 20.9 Å². The molecule has 0 aliphatic heterocycles. The Labute approximate surface area is 248 Å². The highest BCUT2D eigenvalue weighted by atomic mass is 16.7. The number of hydrogen-bond acceptors (Lipinski definition) is 12. The molecule has 2 aromatic carbocycles. The summed E-state index contributed by atoms with van der Waals surface area (Å²) in [7, 11) is 1.59. The van der Waals surface area contributed by atoms with Gasteiger partial charge in [-0.3, -0.25) is 14.4 Å². The third-order valence-corrected chi connectivity index (χ3v) is 5.17. The minimum absolute atomic E-state index is 0.0707. The SMILES string of the molecule is C/C(COc1ccc(CC(N)C(=O)O)cc1)=N\OC(=O)O.COCCO/N=C(\C)COc1ccc(CC(N)C(=O)O)cc1. The van der Waals surface area contributed by atoms with Gasteiger partial charge in [0.2, 0.25) is 0 Å². The average molecular weight is 607 g/mol. The van der Waals surface area contributed by atoms with Gasteiger partial charge in [0.05, 0.1) is 18.0 Å². The summed E-state index contributed by atoms with van der Waals surface area (Å²) in [5.41, 5.74) is 13.6. The average Bonchev–Trinajstić information content (AvgIpc) is 2.97. The second-order valence-corrected chi connectivity index (χ2v) is 9.00. The molecule has 0 spiro atoms. The molecule has 2 aromatic rings. The molecule has 0 aromatic heterocycles. The molecule has 0 heterocycles. The zero-order chi connectivity index (χ0) is 32.2. The Balaban J connectivity index is 0.000000430. The molecule has 7 N–H and O–H groups in total. The fraction of sp³-hybridized carbons (Fsp3) is 0.393. The topological polar surface area (TPSA) is 235 Å². The van der Waals surface area contributed by atoms with Crippen LogP contribution in [0.1, 0.15) is 25.0 Å². The van der Waals surface area contributed by atoms with Gasteiger partial charge in [-0.2, -0.15) is 0 Å². The molecule has 0 saturated carbocycles. The fourth-order valence-corrected chi connectivity index (χ4v) is 2.95. The first-order valence-corrected chi connectivity index (χ1v) is 12.9. The standard InChI is InChI=1S/C15H22N2O5.C13H16N2O6/c1-11(17-22-8-7-20-2)10-21-13-5-3-12(4-6-13)9-14(16)15(18)19;1-8(15-21-13(18)19)7-20-10-4-2-9(3-5-10)6-11(14)12(16)17/h3-6,14H,7-10,16H2,1-2H3,(H,18,19);2-5,11H,6-7,14H2,1H3,(H,16,17)(H,18,19)/b17-11+;15-8+. The van der Waals surface area contributed by atoms with Crippen LogP contribution in [0.25, 0.3) is 0 Å². The molecule has 0 bridgehead atoms. The molecule has 0 fully saturated rings. The number of rotatable bonds is 17. The van der Waals surface area contributed by atoms with Crippen molar-refractivity contribution in [2.24, 2.45) is 21.8 Å². The Morgan fingerprint density at radius 2 is 1.14 bits per heavy atom. The van der Waals surface area contributed by atoms with Crippen LogP contribution in [0.5, 0.6) is 11.5 Å². The highest BCUT2D eigenvalue weighted by Crippen LogP contribution is 2.14. The van der Waals surface area contributed by atoms with Gasteiger partial charge in [0.15, 0.2) is 0 Å². The van der Waals surface area contributed by atoms with Crippen molar-refractivity contribution < 1.29 is 53.6 Å². The minimum atomic E-state index is -1.49. The summed E-state index contributed by atoms with van der Waals surface area (Å²) < 4.78 is 15.7. The lowest BCUT2D eigenvalue weighted by Gasteiger charge is -2.09. The van der Waals surface area contributed by atoms with Crippen molar-refractivity contribution in [2.75, 3.05) is 33.5 Å². The molecule has 0 aliphatic rings. The minimum Gasteiger partial charge on any atom is -0.488 e. The Kier molecular flexibility index (Phi) is 17.0. The number of aliphatic carboxylic acids is 2. The van der Waals surface area contributed by atoms with Crippen LogP contribution >= 0.6 is 0 Å². The van der Waals surface area contributed by atoms with E-state index in [4.69, 9.17) is 45.8 Å². The largest absolute Gasteiger partial charge is 0.532 e. The van der Waals surface area contributed by atoms with Crippen molar-refractivity contribution in [1.82, 2.24) is 0 Å². The second-order valence-electron chi connectivity index (χ2n) is 9.00. The number of carboxylic acids is 2. The summed E-state index contributed by atoms with van der Waals surface area (Å²) in [5.74, 6) is -0.868. The van der Waals surface area contributed by atoms with Gasteiger partial charge >= 0.3 is 18.1 Å². The number of nitrogens with zero attached hydrogens (tertiary/aromatic N) is 2. The Morgan fingerprint density at radius 1 is 0.721 bits per heavy atom. The van der Waals surface area contributed by atoms with Gasteiger partial charge in [-0.25, -0.2) is 4.79 Å². The summed E-state index contributed by atoms with van der Waals surface area (Å²) in [6.45, 7) is 4.61. The van der Waals surface area contributed by atoms with E-state index < -0.39 is 30.2 Å². The lowest BCUT2D eigenvalue weighted by molar-refractivity contribution is -0.139. The van der Waals surface area contributed by atoms with Crippen molar-refractivity contribution in [3.05, 3.63) is 59.7 Å². The van der Waals surface area contributed by atoms with Crippen LogP contribution in [0.4, 0.5) is 4.79 Å². The van der Waals surface area contributed by atoms with Gasteiger partial charge in [-0.05, 0) is 62.1 Å². The van der Waals surface area contributed by atoms with Crippen LogP contribution in [0, 0.1) is 0 Å². The van der Waals surface area contributed by atoms with Crippen molar-refractivity contribution in [3.8, 4) is 11.5 Å². The maximum Gasteiger partial charge on any atom is 0.532 e. The summed E-state index contributed by atoms with van der Waals surface area (Å²) in [5, 5.41) is 33.0. The lowest BCUT2D eigenvalue weighted by Crippen LogP contribution is -2.32. The number of hydrogen-bond donors (Lipinski definition) is 5. The third-order valence-electron chi connectivity index (χ3n) is 5.17. The van der Waals surface area contributed by atoms with E-state index in [1.807, 2.05) is 0 Å². The number of carbonyl (C=O) groups is 3. The number of ether oxygens (including phenoxy) is 3. The summed E-state index contributed by atoms with van der Waals surface area (Å²) in [6, 6.07) is 12.0. The van der Waals surface area contributed by atoms with Crippen LogP contribution in [-0.2, 0) is 36.8 Å². The highest BCUT2D eigenvalue weighted by molar-refractivity contribution is 5.83. The predicted molar refractivity (Wildman–Crippen MR) is 156 cm³/mol. The van der Waals surface area contributed by atoms with E-state index in [0.29, 0.717) is 42.7 Å². The fourth-order valence-electron chi connectivity index (χ4n) is 2.95. The smallest absolute Gasteiger partial charge is 0.488 e. The van der Waals surface area contributed by atoms with Gasteiger partial charge < -0.3 is 45.8 Å². The van der Waals surface area contributed by atoms with Gasteiger partial charge in [0, 0.05) is 7.11 Å². The van der Waals surface area contributed by atoms with E-state index >= 15 is 0 Å². The summed E-state index contributed by atoms with van der Waals surface area (Å²) in [6.07, 6.45) is -0.986. The van der Waals surface area contributed by atoms with Gasteiger partial charge in [-0.1, -0.05) is 34.6 Å². The Hall–Kier alpha value is -4.73. The van der Waals surface area contributed by atoms with Crippen molar-refractivity contribution in [3.63, 3.8) is 0 Å². The third kappa shape index (κ3) is 17.0. The molecule has 2 rings (SSSR count). The van der Waals surface area contributed by atoms with E-state index in [2.05, 4.69) is 15.1 Å². The number of nitrogens with two attached hydrogens (primary N) is 2. The molecular formula is C28H38N4O11. The normalized spacial score (nSPS) is 12.7. The zero-order valence-corrected chi connectivity index (χ0v) is 24.2. The van der Waals surface area contributed by atoms with Crippen molar-refractivity contribution >= 4 is 29.5 Å². The maximum atomic E-state index is 10.7. The number of carboxylic acid groups (broad SMARTS) is 3. The Morgan fingerprint density at radius 3 is 1.51 bits per heavy atom. The van der Waals surface area contributed by atoms with E-state index in [0.717, 1.165) is 11.1 Å². The molecule has 15 heteroatoms. The first-order valence-electron chi connectivity index (χ1n) is 12.9. The molecule has 2 unspecified atom stereocenters. The van der Waals surface area contributed by atoms with Gasteiger partial charge in [-0.15, -0.1) is 0 Å². The van der Waals surface area contributed by atoms with Crippen LogP contribution in [0.3, 0.4) is 0 Å². The van der Waals surface area contributed by atoms with Gasteiger partial charge in [0.1, 0.15) is 43.4 Å². The van der Waals surface area contributed by atoms with Crippen LogP contribution in [0.15, 0.2) is 58.8 Å². The molecule has 0 amide bonds. The number of benzene rings is 2. The van der Waals surface area contributed by atoms with Crippen LogP contribution in [0.2, 0.25) is 0 Å². The van der Waals surface area contributed by atoms with E-state index in [9.17, 15) is 14.4 Å². The van der Waals surface area contributed by atoms with Gasteiger partial charge in [0.25, 0.3) is 0 Å². The number of methoxy groups -OCH3 is 1. The molecule has 0 saturated heterocycles. The van der Waals surface area contributed by atoms with Crippen molar-refractivity contribution in [2.45, 2.75) is 38.8 Å². The van der Waals surface area contributed by atoms with E-state index in [1.54, 1.807) is 69.5 Å². The summed E-state index contributed by atoms with van der Waals surface area (Å²) in [4.78, 5) is 40.5. The first-order chi connectivity index (χ1) is 20.4. The molecule has 15 nitrogen and oxygen atoms in total. The highest BCUT2D eigenvalue weighted by Gasteiger charge is 2.13. The monoisotopic (exact) mass is 606 g/mol. The maximum absolute atomic E-state index is 10.7.